The molecular formula is C20H20F3N3O2S. The summed E-state index contributed by atoms with van der Waals surface area (Å²) >= 11 is 4.92. The summed E-state index contributed by atoms with van der Waals surface area (Å²) in [6.45, 7) is 0. The molecule has 1 aliphatic rings. The van der Waals surface area contributed by atoms with Gasteiger partial charge in [-0.15, -0.1) is 0 Å². The average Bonchev–Trinajstić information content (AvgIpc) is 2.67. The highest BCUT2D eigenvalue weighted by molar-refractivity contribution is 7.80. The van der Waals surface area contributed by atoms with E-state index in [-0.39, 0.29) is 10.7 Å². The van der Waals surface area contributed by atoms with Crippen molar-refractivity contribution < 1.29 is 23.1 Å². The fourth-order valence-electron chi connectivity index (χ4n) is 3.38. The average molecular weight is 423 g/mol. The van der Waals surface area contributed by atoms with E-state index in [1.165, 1.54) is 12.1 Å². The molecule has 0 bridgehead atoms. The molecule has 0 aromatic heterocycles. The van der Waals surface area contributed by atoms with Crippen molar-refractivity contribution in [1.29, 1.82) is 0 Å². The fourth-order valence-corrected chi connectivity index (χ4v) is 3.66. The van der Waals surface area contributed by atoms with Gasteiger partial charge in [-0.1, -0.05) is 42.5 Å². The number of Topliss-reactive ketones (excluding diaryl/α,β-unsaturated/α-hetero) is 1. The molecule has 0 saturated carbocycles. The Labute approximate surface area is 171 Å². The lowest BCUT2D eigenvalue weighted by Crippen LogP contribution is -2.72. The predicted octanol–water partition coefficient (Wildman–Crippen LogP) is 3.02. The van der Waals surface area contributed by atoms with Crippen molar-refractivity contribution in [3.05, 3.63) is 65.7 Å². The third kappa shape index (κ3) is 3.92. The number of alkyl halides is 3. The van der Waals surface area contributed by atoms with Crippen LogP contribution in [0.3, 0.4) is 0 Å². The number of aliphatic hydroxyl groups is 1. The Kier molecular flexibility index (Phi) is 5.55. The second-order valence-corrected chi connectivity index (χ2v) is 7.44. The van der Waals surface area contributed by atoms with Gasteiger partial charge < -0.3 is 20.6 Å². The van der Waals surface area contributed by atoms with Gasteiger partial charge in [0.1, 0.15) is 5.92 Å². The summed E-state index contributed by atoms with van der Waals surface area (Å²) in [6.07, 6.45) is -5.14. The van der Waals surface area contributed by atoms with Gasteiger partial charge in [0, 0.05) is 25.3 Å². The summed E-state index contributed by atoms with van der Waals surface area (Å²) in [5, 5.41) is 14.9. The summed E-state index contributed by atoms with van der Waals surface area (Å²) in [6, 6.07) is 13.1. The quantitative estimate of drug-likeness (QED) is 0.519. The first kappa shape index (κ1) is 21.1. The molecule has 0 aliphatic carbocycles. The molecule has 1 saturated heterocycles. The smallest absolute Gasteiger partial charge is 0.378 e. The zero-order chi connectivity index (χ0) is 21.4. The van der Waals surface area contributed by atoms with E-state index in [0.717, 1.165) is 5.69 Å². The molecule has 1 aliphatic heterocycles. The standard InChI is InChI=1S/C20H20F3N3O2S/c1-26(2)14-10-8-12(9-11-14)16-15(17(27)13-6-4-3-5-7-13)19(28,20(21,22)23)25-18(29)24-16/h3-11,15-16,28H,1-2H3,(H2,24,25,29). The molecule has 5 nitrogen and oxygen atoms in total. The van der Waals surface area contributed by atoms with E-state index in [2.05, 4.69) is 5.32 Å². The number of benzene rings is 2. The first-order valence-corrected chi connectivity index (χ1v) is 9.20. The van der Waals surface area contributed by atoms with E-state index in [9.17, 15) is 23.1 Å². The normalized spacial score (nSPS) is 24.4. The highest BCUT2D eigenvalue weighted by atomic mass is 32.1. The van der Waals surface area contributed by atoms with Gasteiger partial charge in [-0.25, -0.2) is 0 Å². The number of ketones is 1. The number of hydrogen-bond donors (Lipinski definition) is 3. The molecule has 0 amide bonds. The van der Waals surface area contributed by atoms with Crippen molar-refractivity contribution in [3.63, 3.8) is 0 Å². The van der Waals surface area contributed by atoms with E-state index < -0.39 is 29.6 Å². The minimum absolute atomic E-state index is 0.0616. The molecule has 2 aromatic carbocycles. The number of thiocarbonyl (C=S) groups is 1. The van der Waals surface area contributed by atoms with Crippen LogP contribution in [0.2, 0.25) is 0 Å². The summed E-state index contributed by atoms with van der Waals surface area (Å²) < 4.78 is 41.8. The molecule has 29 heavy (non-hydrogen) atoms. The number of rotatable bonds is 4. The van der Waals surface area contributed by atoms with Crippen LogP contribution in [0.25, 0.3) is 0 Å². The van der Waals surface area contributed by atoms with Crippen LogP contribution in [0.5, 0.6) is 0 Å². The van der Waals surface area contributed by atoms with E-state index >= 15 is 0 Å². The molecule has 1 fully saturated rings. The number of halogens is 3. The van der Waals surface area contributed by atoms with Gasteiger partial charge in [0.15, 0.2) is 10.9 Å². The van der Waals surface area contributed by atoms with Crippen molar-refractivity contribution in [2.24, 2.45) is 5.92 Å². The second-order valence-electron chi connectivity index (χ2n) is 7.03. The molecule has 9 heteroatoms. The topological polar surface area (TPSA) is 64.6 Å². The lowest BCUT2D eigenvalue weighted by atomic mass is 9.77. The molecule has 3 unspecified atom stereocenters. The third-order valence-corrected chi connectivity index (χ3v) is 5.14. The number of carbonyl (C=O) groups is 1. The van der Waals surface area contributed by atoms with Gasteiger partial charge in [0.2, 0.25) is 5.72 Å². The number of nitrogens with one attached hydrogen (secondary N) is 2. The van der Waals surface area contributed by atoms with Gasteiger partial charge in [-0.2, -0.15) is 13.2 Å². The van der Waals surface area contributed by atoms with Crippen LogP contribution in [-0.4, -0.2) is 42.0 Å². The van der Waals surface area contributed by atoms with Gasteiger partial charge >= 0.3 is 6.18 Å². The summed E-state index contributed by atoms with van der Waals surface area (Å²) in [5.74, 6) is -2.75. The molecule has 2 aromatic rings. The number of carbonyl (C=O) groups excluding carboxylic acids is 1. The molecule has 154 valence electrons. The van der Waals surface area contributed by atoms with Crippen LogP contribution in [0.1, 0.15) is 22.0 Å². The highest BCUT2D eigenvalue weighted by Gasteiger charge is 2.65. The number of anilines is 1. The maximum atomic E-state index is 13.9. The molecule has 0 spiro atoms. The maximum absolute atomic E-state index is 13.9. The largest absolute Gasteiger partial charge is 0.437 e. The summed E-state index contributed by atoms with van der Waals surface area (Å²) in [5.41, 5.74) is -2.22. The van der Waals surface area contributed by atoms with Crippen LogP contribution >= 0.6 is 12.2 Å². The van der Waals surface area contributed by atoms with Crippen LogP contribution in [0.15, 0.2) is 54.6 Å². The van der Waals surface area contributed by atoms with Gasteiger partial charge in [-0.3, -0.25) is 4.79 Å². The van der Waals surface area contributed by atoms with E-state index in [4.69, 9.17) is 12.2 Å². The first-order valence-electron chi connectivity index (χ1n) is 8.79. The van der Waals surface area contributed by atoms with Gasteiger partial charge in [-0.05, 0) is 29.9 Å². The monoisotopic (exact) mass is 423 g/mol. The van der Waals surface area contributed by atoms with Crippen LogP contribution in [0, 0.1) is 5.92 Å². The molecule has 3 rings (SSSR count). The predicted molar refractivity (Wildman–Crippen MR) is 108 cm³/mol. The van der Waals surface area contributed by atoms with Crippen LogP contribution in [0.4, 0.5) is 18.9 Å². The molecule has 1 heterocycles. The molecule has 3 atom stereocenters. The molecular weight excluding hydrogens is 403 g/mol. The van der Waals surface area contributed by atoms with Crippen molar-refractivity contribution in [2.75, 3.05) is 19.0 Å². The Morgan fingerprint density at radius 3 is 2.21 bits per heavy atom. The van der Waals surface area contributed by atoms with Crippen molar-refractivity contribution in [2.45, 2.75) is 17.9 Å². The lowest BCUT2D eigenvalue weighted by molar-refractivity contribution is -0.285. The first-order chi connectivity index (χ1) is 13.5. The number of hydrogen-bond acceptors (Lipinski definition) is 4. The molecule has 3 N–H and O–H groups in total. The molecule has 0 radical (unpaired) electrons. The number of nitrogens with zero attached hydrogens (tertiary/aromatic N) is 1. The summed E-state index contributed by atoms with van der Waals surface area (Å²) in [7, 11) is 3.66. The minimum atomic E-state index is -5.14. The van der Waals surface area contributed by atoms with E-state index in [1.54, 1.807) is 42.5 Å². The van der Waals surface area contributed by atoms with E-state index in [0.29, 0.717) is 5.56 Å². The van der Waals surface area contributed by atoms with Crippen LogP contribution < -0.4 is 15.5 Å². The summed E-state index contributed by atoms with van der Waals surface area (Å²) in [4.78, 5) is 15.0. The zero-order valence-electron chi connectivity index (χ0n) is 15.7. The Morgan fingerprint density at radius 2 is 1.69 bits per heavy atom. The Hall–Kier alpha value is -2.65. The Morgan fingerprint density at radius 1 is 1.10 bits per heavy atom. The fraction of sp³-hybridized carbons (Fsp3) is 0.300. The van der Waals surface area contributed by atoms with Crippen LogP contribution in [-0.2, 0) is 0 Å². The highest BCUT2D eigenvalue weighted by Crippen LogP contribution is 2.44. The van der Waals surface area contributed by atoms with Crippen molar-refractivity contribution in [1.82, 2.24) is 10.6 Å². The Balaban J connectivity index is 2.13. The van der Waals surface area contributed by atoms with Crippen molar-refractivity contribution in [3.8, 4) is 0 Å². The minimum Gasteiger partial charge on any atom is -0.378 e. The SMILES string of the molecule is CN(C)c1ccc(C2NC(=S)NC(O)(C(F)(F)F)C2C(=O)c2ccccc2)cc1. The van der Waals surface area contributed by atoms with Crippen molar-refractivity contribution >= 4 is 28.8 Å². The Bertz CT molecular complexity index is 903. The zero-order valence-corrected chi connectivity index (χ0v) is 16.5. The lowest BCUT2D eigenvalue weighted by Gasteiger charge is -2.46. The van der Waals surface area contributed by atoms with E-state index in [1.807, 2.05) is 24.3 Å². The van der Waals surface area contributed by atoms with Gasteiger partial charge in [0.25, 0.3) is 0 Å². The second kappa shape index (κ2) is 7.64. The third-order valence-electron chi connectivity index (χ3n) is 4.92. The van der Waals surface area contributed by atoms with Gasteiger partial charge in [0.05, 0.1) is 6.04 Å². The maximum Gasteiger partial charge on any atom is 0.437 e.